The molecule has 5 aliphatic rings. The van der Waals surface area contributed by atoms with Crippen molar-refractivity contribution in [3.05, 3.63) is 69.1 Å². The van der Waals surface area contributed by atoms with Crippen LogP contribution in [0.4, 0.5) is 0 Å². The first kappa shape index (κ1) is 51.9. The van der Waals surface area contributed by atoms with E-state index < -0.39 is 81.2 Å². The van der Waals surface area contributed by atoms with Crippen LogP contribution in [-0.4, -0.2) is 89.8 Å². The Hall–Kier alpha value is -6.44. The molecule has 1 fully saturated rings. The molecule has 4 unspecified atom stereocenters. The summed E-state index contributed by atoms with van der Waals surface area (Å²) in [4.78, 5) is 121. The topological polar surface area (TPSA) is 224 Å². The average Bonchev–Trinajstić information content (AvgIpc) is 3.51. The lowest BCUT2D eigenvalue weighted by atomic mass is 9.60. The molecule has 72 heavy (non-hydrogen) atoms. The van der Waals surface area contributed by atoms with E-state index in [1.54, 1.807) is 18.2 Å². The number of carboxylic acids is 4. The fraction of sp³-hybridized carbons (Fsp3) is 0.517. The maximum Gasteiger partial charge on any atom is 0.327 e. The number of carboxylic acid groups (broad SMARTS) is 4. The van der Waals surface area contributed by atoms with Crippen LogP contribution in [0.25, 0.3) is 45.8 Å². The zero-order chi connectivity index (χ0) is 51.9. The minimum atomic E-state index is -3.03. The molecule has 0 saturated carbocycles. The zero-order valence-electron chi connectivity index (χ0n) is 42.0. The number of nitrogens with zero attached hydrogens (tertiary/aromatic N) is 2. The molecule has 14 nitrogen and oxygen atoms in total. The van der Waals surface area contributed by atoms with Gasteiger partial charge in [0.05, 0.1) is 0 Å². The minimum Gasteiger partial charge on any atom is -0.480 e. The van der Waals surface area contributed by atoms with Crippen LogP contribution in [-0.2, 0) is 49.2 Å². The first-order chi connectivity index (χ1) is 34.5. The Labute approximate surface area is 419 Å². The van der Waals surface area contributed by atoms with Crippen LogP contribution < -0.4 is 10.4 Å². The summed E-state index contributed by atoms with van der Waals surface area (Å²) in [5.41, 5.74) is -11.1. The van der Waals surface area contributed by atoms with E-state index in [2.05, 4.69) is 13.8 Å². The van der Waals surface area contributed by atoms with Gasteiger partial charge in [-0.05, 0) is 98.1 Å². The fourth-order valence-electron chi connectivity index (χ4n) is 12.8. The van der Waals surface area contributed by atoms with Crippen LogP contribution in [0.5, 0.6) is 0 Å². The van der Waals surface area contributed by atoms with Gasteiger partial charge in [0.25, 0.3) is 23.6 Å². The maximum atomic E-state index is 15.9. The predicted molar refractivity (Wildman–Crippen MR) is 273 cm³/mol. The van der Waals surface area contributed by atoms with Gasteiger partial charge in [-0.2, -0.15) is 0 Å². The standard InChI is InChI=1S/C58H68N2O12/c1-5-9-13-17-23-38(24-18-14-10-6-2)59-47(61)55(51(65)66)30-28-35-22-21-27-40-42(35)45(55)46-43-36(29-31-56(46,48(59)62)52(67)68)32-37-33-57(53(69)70)49(63)60(39(25-19-15-11-7-3)26-20-16-12-8-4)50(64)58(57,54(71)72)34-41(37)44(40)43/h21-22,27-34,38-39H,5-20,23-26H2,1-4H3,(H,65,66)(H,67,68)(H,69,70)(H,71,72). The van der Waals surface area contributed by atoms with Gasteiger partial charge in [0.15, 0.2) is 21.7 Å². The summed E-state index contributed by atoms with van der Waals surface area (Å²) in [6.45, 7) is 8.20. The number of hydrogen-bond donors (Lipinski definition) is 4. The highest BCUT2D eigenvalue weighted by atomic mass is 16.4. The van der Waals surface area contributed by atoms with Crippen molar-refractivity contribution in [3.63, 3.8) is 0 Å². The third-order valence-electron chi connectivity index (χ3n) is 16.6. The lowest BCUT2D eigenvalue weighted by molar-refractivity contribution is -0.165. The molecule has 3 aromatic rings. The molecule has 14 heteroatoms. The predicted octanol–water partition coefficient (Wildman–Crippen LogP) is 8.76. The van der Waals surface area contributed by atoms with Gasteiger partial charge >= 0.3 is 23.9 Å². The molecule has 2 heterocycles. The van der Waals surface area contributed by atoms with Crippen molar-refractivity contribution in [1.82, 2.24) is 9.80 Å². The van der Waals surface area contributed by atoms with Crippen LogP contribution >= 0.6 is 0 Å². The summed E-state index contributed by atoms with van der Waals surface area (Å²) >= 11 is 0. The highest BCUT2D eigenvalue weighted by Gasteiger charge is 2.77. The van der Waals surface area contributed by atoms with Crippen molar-refractivity contribution in [2.24, 2.45) is 10.8 Å². The second-order valence-electron chi connectivity index (χ2n) is 20.8. The number of imide groups is 2. The van der Waals surface area contributed by atoms with Gasteiger partial charge in [-0.1, -0.05) is 173 Å². The lowest BCUT2D eigenvalue weighted by Crippen LogP contribution is -2.58. The molecular weight excluding hydrogens is 917 g/mol. The SMILES string of the molecule is CCCCCCC(CCCCCC)N1C(=O)C2(C(=O)O)C=Cc3cccc4c3c2c2c3c(cc5c(c34)=CC3(C(=O)O)C(=O)N(C(CCCCCC)CCCCCC)C(=O)C3(C(=O)O)C=5)C=CC2(C(=O)O)C1=O. The molecule has 0 spiro atoms. The number of carbonyl (C=O) groups excluding carboxylic acids is 4. The van der Waals surface area contributed by atoms with E-state index in [0.29, 0.717) is 56.9 Å². The quantitative estimate of drug-likeness (QED) is 0.0256. The zero-order valence-corrected chi connectivity index (χ0v) is 42.0. The Balaban J connectivity index is 1.47. The highest BCUT2D eigenvalue weighted by Crippen LogP contribution is 2.57. The molecule has 4 amide bonds. The van der Waals surface area contributed by atoms with Crippen LogP contribution in [0.3, 0.4) is 0 Å². The normalized spacial score (nSPS) is 23.5. The molecule has 0 bridgehead atoms. The van der Waals surface area contributed by atoms with Gasteiger partial charge in [-0.3, -0.25) is 48.2 Å². The summed E-state index contributed by atoms with van der Waals surface area (Å²) < 4.78 is 0. The second-order valence-corrected chi connectivity index (χ2v) is 20.8. The molecule has 2 aliphatic heterocycles. The Morgan fingerprint density at radius 3 is 1.33 bits per heavy atom. The van der Waals surface area contributed by atoms with Crippen LogP contribution in [0.1, 0.15) is 178 Å². The molecule has 382 valence electrons. The van der Waals surface area contributed by atoms with E-state index in [9.17, 15) is 39.6 Å². The number of hydrogen-bond acceptors (Lipinski definition) is 8. The minimum absolute atomic E-state index is 0.00640. The van der Waals surface area contributed by atoms with E-state index in [0.717, 1.165) is 99.0 Å². The molecule has 0 aromatic heterocycles. The highest BCUT2D eigenvalue weighted by molar-refractivity contribution is 6.35. The number of fused-ring (bicyclic) bond motifs is 4. The van der Waals surface area contributed by atoms with E-state index in [1.165, 1.54) is 30.4 Å². The second kappa shape index (κ2) is 20.2. The summed E-state index contributed by atoms with van der Waals surface area (Å²) in [6, 6.07) is 4.78. The van der Waals surface area contributed by atoms with Gasteiger partial charge < -0.3 is 20.4 Å². The van der Waals surface area contributed by atoms with Gasteiger partial charge in [0.2, 0.25) is 0 Å². The van der Waals surface area contributed by atoms with E-state index >= 15 is 19.2 Å². The van der Waals surface area contributed by atoms with E-state index in [1.807, 2.05) is 13.8 Å². The molecule has 3 aromatic carbocycles. The number of amides is 4. The van der Waals surface area contributed by atoms with Crippen molar-refractivity contribution in [2.45, 2.75) is 179 Å². The molecule has 1 saturated heterocycles. The molecular formula is C58H68N2O12. The number of benzene rings is 3. The molecule has 4 N–H and O–H groups in total. The first-order valence-corrected chi connectivity index (χ1v) is 26.4. The summed E-state index contributed by atoms with van der Waals surface area (Å²) in [6.07, 6.45) is 21.5. The van der Waals surface area contributed by atoms with Crippen molar-refractivity contribution in [3.8, 4) is 0 Å². The molecule has 4 atom stereocenters. The average molecular weight is 985 g/mol. The Bertz CT molecular complexity index is 2960. The first-order valence-electron chi connectivity index (χ1n) is 26.4. The smallest absolute Gasteiger partial charge is 0.327 e. The Morgan fingerprint density at radius 2 is 0.903 bits per heavy atom. The van der Waals surface area contributed by atoms with E-state index in [-0.39, 0.29) is 48.7 Å². The largest absolute Gasteiger partial charge is 0.480 e. The molecule has 0 radical (unpaired) electrons. The van der Waals surface area contributed by atoms with Crippen LogP contribution in [0.2, 0.25) is 0 Å². The van der Waals surface area contributed by atoms with Gasteiger partial charge in [-0.25, -0.2) is 0 Å². The fourth-order valence-corrected chi connectivity index (χ4v) is 12.8. The number of aliphatic carboxylic acids is 4. The molecule has 8 rings (SSSR count). The van der Waals surface area contributed by atoms with Gasteiger partial charge in [0.1, 0.15) is 0 Å². The van der Waals surface area contributed by atoms with Gasteiger partial charge in [-0.15, -0.1) is 0 Å². The van der Waals surface area contributed by atoms with Crippen LogP contribution in [0, 0.1) is 10.8 Å². The number of rotatable bonds is 26. The number of carbonyl (C=O) groups is 8. The maximum absolute atomic E-state index is 15.9. The third-order valence-corrected chi connectivity index (χ3v) is 16.6. The number of unbranched alkanes of at least 4 members (excludes halogenated alkanes) is 12. The van der Waals surface area contributed by atoms with Crippen molar-refractivity contribution in [1.29, 1.82) is 0 Å². The summed E-state index contributed by atoms with van der Waals surface area (Å²) in [5.74, 6) is -11.5. The van der Waals surface area contributed by atoms with Crippen LogP contribution in [0.15, 0.2) is 36.4 Å². The molecule has 3 aliphatic carbocycles. The number of likely N-dealkylation sites (tertiary alicyclic amines) is 1. The lowest BCUT2D eigenvalue weighted by Gasteiger charge is -2.37. The third kappa shape index (κ3) is 7.46. The summed E-state index contributed by atoms with van der Waals surface area (Å²) in [5, 5.41) is 46.8. The monoisotopic (exact) mass is 984 g/mol. The van der Waals surface area contributed by atoms with Crippen molar-refractivity contribution in [2.75, 3.05) is 0 Å². The summed E-state index contributed by atoms with van der Waals surface area (Å²) in [7, 11) is 0. The van der Waals surface area contributed by atoms with Gasteiger partial charge in [0, 0.05) is 12.1 Å². The Morgan fingerprint density at radius 1 is 0.486 bits per heavy atom. The van der Waals surface area contributed by atoms with Crippen molar-refractivity contribution < 1.29 is 58.8 Å². The Kier molecular flexibility index (Phi) is 14.6. The van der Waals surface area contributed by atoms with Crippen molar-refractivity contribution >= 4 is 93.4 Å². The van der Waals surface area contributed by atoms with E-state index in [4.69, 9.17) is 0 Å².